The Bertz CT molecular complexity index is 837. The van der Waals surface area contributed by atoms with Crippen LogP contribution in [0.3, 0.4) is 0 Å². The molecule has 0 saturated carbocycles. The molecule has 0 unspecified atom stereocenters. The Hall–Kier alpha value is -3.11. The largest absolute Gasteiger partial charge is 0.445 e. The Balaban J connectivity index is 1.75. The monoisotopic (exact) mass is 375 g/mol. The number of amides is 1. The van der Waals surface area contributed by atoms with Crippen LogP contribution in [0.25, 0.3) is 0 Å². The van der Waals surface area contributed by atoms with Gasteiger partial charge >= 0.3 is 6.09 Å². The first kappa shape index (κ1) is 19.6. The van der Waals surface area contributed by atoms with Crippen LogP contribution in [-0.2, 0) is 24.3 Å². The fourth-order valence-corrected chi connectivity index (χ4v) is 3.08. The summed E-state index contributed by atoms with van der Waals surface area (Å²) in [6, 6.07) is 28.8. The second-order valence-electron chi connectivity index (χ2n) is 6.68. The number of ether oxygens (including phenoxy) is 1. The van der Waals surface area contributed by atoms with Gasteiger partial charge in [-0.25, -0.2) is 4.79 Å². The summed E-state index contributed by atoms with van der Waals surface area (Å²) >= 11 is 0. The standard InChI is InChI=1S/C24H25NO3/c26-18-23(16-20-10-4-1-5-11-20)25(17-21-12-6-2-7-13-21)24(27)28-19-22-14-8-3-9-15-22/h1-15,23,26H,16-19H2/t23-/m0/s1. The zero-order valence-corrected chi connectivity index (χ0v) is 15.8. The highest BCUT2D eigenvalue weighted by Gasteiger charge is 2.25. The maximum absolute atomic E-state index is 12.9. The Labute approximate surface area is 166 Å². The van der Waals surface area contributed by atoms with Crippen LogP contribution in [0.5, 0.6) is 0 Å². The minimum atomic E-state index is -0.428. The van der Waals surface area contributed by atoms with E-state index < -0.39 is 6.09 Å². The molecule has 0 heterocycles. The Morgan fingerprint density at radius 2 is 1.29 bits per heavy atom. The van der Waals surface area contributed by atoms with Crippen LogP contribution in [0.4, 0.5) is 4.79 Å². The van der Waals surface area contributed by atoms with Crippen molar-refractivity contribution in [3.05, 3.63) is 108 Å². The molecule has 0 aromatic heterocycles. The van der Waals surface area contributed by atoms with Gasteiger partial charge in [-0.2, -0.15) is 0 Å². The summed E-state index contributed by atoms with van der Waals surface area (Å²) < 4.78 is 5.56. The topological polar surface area (TPSA) is 49.8 Å². The second kappa shape index (κ2) is 10.3. The summed E-state index contributed by atoms with van der Waals surface area (Å²) in [7, 11) is 0. The van der Waals surface area contributed by atoms with Crippen LogP contribution in [-0.4, -0.2) is 28.7 Å². The summed E-state index contributed by atoms with van der Waals surface area (Å²) in [5, 5.41) is 10.0. The molecule has 4 nitrogen and oxygen atoms in total. The SMILES string of the molecule is O=C(OCc1ccccc1)N(Cc1ccccc1)[C@H](CO)Cc1ccccc1. The van der Waals surface area contributed by atoms with Gasteiger partial charge in [0.25, 0.3) is 0 Å². The maximum atomic E-state index is 12.9. The third-order valence-electron chi connectivity index (χ3n) is 4.60. The molecule has 3 aromatic rings. The van der Waals surface area contributed by atoms with Gasteiger partial charge in [0.2, 0.25) is 0 Å². The first-order valence-electron chi connectivity index (χ1n) is 9.42. The molecule has 0 saturated heterocycles. The molecule has 0 aliphatic heterocycles. The zero-order valence-electron chi connectivity index (χ0n) is 15.8. The van der Waals surface area contributed by atoms with Gasteiger partial charge in [-0.3, -0.25) is 4.90 Å². The molecule has 0 fully saturated rings. The van der Waals surface area contributed by atoms with Gasteiger partial charge in [-0.15, -0.1) is 0 Å². The summed E-state index contributed by atoms with van der Waals surface area (Å²) in [5.74, 6) is 0. The number of hydrogen-bond acceptors (Lipinski definition) is 3. The Kier molecular flexibility index (Phi) is 7.21. The van der Waals surface area contributed by atoms with E-state index in [2.05, 4.69) is 0 Å². The molecule has 0 radical (unpaired) electrons. The fourth-order valence-electron chi connectivity index (χ4n) is 3.08. The third kappa shape index (κ3) is 5.69. The van der Waals surface area contributed by atoms with Crippen LogP contribution in [0.2, 0.25) is 0 Å². The van der Waals surface area contributed by atoms with Gasteiger partial charge in [0.15, 0.2) is 0 Å². The predicted molar refractivity (Wildman–Crippen MR) is 110 cm³/mol. The summed E-state index contributed by atoms with van der Waals surface area (Å²) in [6.45, 7) is 0.448. The van der Waals surface area contributed by atoms with E-state index in [-0.39, 0.29) is 19.3 Å². The highest BCUT2D eigenvalue weighted by molar-refractivity contribution is 5.68. The smallest absolute Gasteiger partial charge is 0.410 e. The van der Waals surface area contributed by atoms with Crippen molar-refractivity contribution in [1.29, 1.82) is 0 Å². The van der Waals surface area contributed by atoms with Crippen molar-refractivity contribution in [2.24, 2.45) is 0 Å². The van der Waals surface area contributed by atoms with Crippen LogP contribution in [0.15, 0.2) is 91.0 Å². The number of benzene rings is 3. The van der Waals surface area contributed by atoms with E-state index >= 15 is 0 Å². The van der Waals surface area contributed by atoms with Crippen molar-refractivity contribution in [2.75, 3.05) is 6.61 Å². The van der Waals surface area contributed by atoms with E-state index in [0.29, 0.717) is 13.0 Å². The highest BCUT2D eigenvalue weighted by Crippen LogP contribution is 2.15. The molecule has 3 aromatic carbocycles. The first-order chi connectivity index (χ1) is 13.8. The lowest BCUT2D eigenvalue weighted by molar-refractivity contribution is 0.0606. The minimum Gasteiger partial charge on any atom is -0.445 e. The maximum Gasteiger partial charge on any atom is 0.410 e. The molecule has 1 atom stereocenters. The van der Waals surface area contributed by atoms with Gasteiger partial charge < -0.3 is 9.84 Å². The fraction of sp³-hybridized carbons (Fsp3) is 0.208. The highest BCUT2D eigenvalue weighted by atomic mass is 16.6. The van der Waals surface area contributed by atoms with Crippen molar-refractivity contribution < 1.29 is 14.6 Å². The van der Waals surface area contributed by atoms with Crippen molar-refractivity contribution in [3.63, 3.8) is 0 Å². The minimum absolute atomic E-state index is 0.137. The Morgan fingerprint density at radius 3 is 1.82 bits per heavy atom. The third-order valence-corrected chi connectivity index (χ3v) is 4.60. The van der Waals surface area contributed by atoms with Crippen LogP contribution >= 0.6 is 0 Å². The summed E-state index contributed by atoms with van der Waals surface area (Å²) in [5.41, 5.74) is 2.99. The van der Waals surface area contributed by atoms with E-state index in [4.69, 9.17) is 4.74 Å². The molecule has 0 aliphatic rings. The molecule has 0 spiro atoms. The van der Waals surface area contributed by atoms with Gasteiger partial charge in [-0.1, -0.05) is 91.0 Å². The molecule has 144 valence electrons. The summed E-state index contributed by atoms with van der Waals surface area (Å²) in [6.07, 6.45) is 0.132. The molecular weight excluding hydrogens is 350 g/mol. The number of carbonyl (C=O) groups excluding carboxylic acids is 1. The average Bonchev–Trinajstić information content (AvgIpc) is 2.76. The van der Waals surface area contributed by atoms with E-state index in [1.165, 1.54) is 0 Å². The van der Waals surface area contributed by atoms with Gasteiger partial charge in [0.1, 0.15) is 6.61 Å². The van der Waals surface area contributed by atoms with Crippen molar-refractivity contribution in [1.82, 2.24) is 4.90 Å². The second-order valence-corrected chi connectivity index (χ2v) is 6.68. The molecule has 4 heteroatoms. The van der Waals surface area contributed by atoms with Crippen LogP contribution in [0, 0.1) is 0 Å². The van der Waals surface area contributed by atoms with Crippen molar-refractivity contribution in [3.8, 4) is 0 Å². The van der Waals surface area contributed by atoms with Gasteiger partial charge in [0, 0.05) is 6.54 Å². The summed E-state index contributed by atoms with van der Waals surface area (Å²) in [4.78, 5) is 14.5. The van der Waals surface area contributed by atoms with Crippen molar-refractivity contribution in [2.45, 2.75) is 25.6 Å². The number of nitrogens with zero attached hydrogens (tertiary/aromatic N) is 1. The van der Waals surface area contributed by atoms with Crippen LogP contribution < -0.4 is 0 Å². The number of aliphatic hydroxyl groups is 1. The normalized spacial score (nSPS) is 11.6. The molecule has 0 bridgehead atoms. The zero-order chi connectivity index (χ0) is 19.6. The molecular formula is C24H25NO3. The lowest BCUT2D eigenvalue weighted by Crippen LogP contribution is -2.43. The number of aliphatic hydroxyl groups excluding tert-OH is 1. The number of carbonyl (C=O) groups is 1. The van der Waals surface area contributed by atoms with Gasteiger partial charge in [0.05, 0.1) is 12.6 Å². The number of hydrogen-bond donors (Lipinski definition) is 1. The molecule has 3 rings (SSSR count). The molecule has 28 heavy (non-hydrogen) atoms. The van der Waals surface area contributed by atoms with E-state index in [1.54, 1.807) is 4.90 Å². The van der Waals surface area contributed by atoms with E-state index in [1.807, 2.05) is 91.0 Å². The van der Waals surface area contributed by atoms with Crippen LogP contribution in [0.1, 0.15) is 16.7 Å². The molecule has 1 amide bonds. The van der Waals surface area contributed by atoms with Gasteiger partial charge in [-0.05, 0) is 23.1 Å². The quantitative estimate of drug-likeness (QED) is 0.634. The first-order valence-corrected chi connectivity index (χ1v) is 9.42. The number of rotatable bonds is 8. The molecule has 0 aliphatic carbocycles. The predicted octanol–water partition coefficient (Wildman–Crippen LogP) is 4.43. The van der Waals surface area contributed by atoms with Crippen molar-refractivity contribution >= 4 is 6.09 Å². The Morgan fingerprint density at radius 1 is 0.786 bits per heavy atom. The van der Waals surface area contributed by atoms with E-state index in [9.17, 15) is 9.90 Å². The van der Waals surface area contributed by atoms with E-state index in [0.717, 1.165) is 16.7 Å². The average molecular weight is 375 g/mol. The molecule has 1 N–H and O–H groups in total. The lowest BCUT2D eigenvalue weighted by atomic mass is 10.0. The lowest BCUT2D eigenvalue weighted by Gasteiger charge is -2.30.